The molecule has 1 saturated carbocycles. The number of carboxylic acid groups (broad SMARTS) is 1. The number of aromatic nitrogens is 2. The lowest BCUT2D eigenvalue weighted by molar-refractivity contribution is -0.136. The number of H-pyrrole nitrogens is 1. The topological polar surface area (TPSA) is 92.3 Å². The standard InChI is InChI=1S/C14H20N2O4/c1-3-20-14(6-4-5-7-14)13-15-9(2)10(8-11(17)18)12(19)16-13/h3-8H2,1-2H3,(H,17,18)(H,15,16,19). The molecule has 0 spiro atoms. The number of rotatable bonds is 5. The predicted molar refractivity (Wildman–Crippen MR) is 72.7 cm³/mol. The van der Waals surface area contributed by atoms with Gasteiger partial charge in [-0.25, -0.2) is 4.98 Å². The SMILES string of the molecule is CCOC1(c2nc(C)c(CC(=O)O)c(=O)[nH]2)CCCC1. The number of nitrogens with one attached hydrogen (secondary N) is 1. The highest BCUT2D eigenvalue weighted by molar-refractivity contribution is 5.70. The van der Waals surface area contributed by atoms with Crippen molar-refractivity contribution in [3.8, 4) is 0 Å². The Labute approximate surface area is 117 Å². The smallest absolute Gasteiger partial charge is 0.308 e. The second-order valence-electron chi connectivity index (χ2n) is 5.18. The van der Waals surface area contributed by atoms with Crippen molar-refractivity contribution >= 4 is 5.97 Å². The molecule has 1 aliphatic rings. The van der Waals surface area contributed by atoms with E-state index >= 15 is 0 Å². The Morgan fingerprint density at radius 1 is 1.45 bits per heavy atom. The molecule has 6 heteroatoms. The summed E-state index contributed by atoms with van der Waals surface area (Å²) in [7, 11) is 0. The van der Waals surface area contributed by atoms with E-state index in [9.17, 15) is 9.59 Å². The molecular weight excluding hydrogens is 260 g/mol. The zero-order valence-electron chi connectivity index (χ0n) is 11.9. The number of carbonyl (C=O) groups is 1. The third-order valence-electron chi connectivity index (χ3n) is 3.81. The maximum atomic E-state index is 12.1. The van der Waals surface area contributed by atoms with Crippen LogP contribution in [0.25, 0.3) is 0 Å². The van der Waals surface area contributed by atoms with E-state index in [4.69, 9.17) is 9.84 Å². The Morgan fingerprint density at radius 3 is 2.60 bits per heavy atom. The van der Waals surface area contributed by atoms with Crippen molar-refractivity contribution in [2.45, 2.75) is 51.6 Å². The third kappa shape index (κ3) is 2.75. The Hall–Kier alpha value is -1.69. The minimum absolute atomic E-state index is 0.214. The maximum absolute atomic E-state index is 12.1. The largest absolute Gasteiger partial charge is 0.481 e. The number of nitrogens with zero attached hydrogens (tertiary/aromatic N) is 1. The molecular formula is C14H20N2O4. The summed E-state index contributed by atoms with van der Waals surface area (Å²) in [5, 5.41) is 8.83. The Bertz CT molecular complexity index is 559. The van der Waals surface area contributed by atoms with Gasteiger partial charge in [0.25, 0.3) is 5.56 Å². The fourth-order valence-corrected chi connectivity index (χ4v) is 2.86. The molecule has 20 heavy (non-hydrogen) atoms. The molecule has 6 nitrogen and oxygen atoms in total. The van der Waals surface area contributed by atoms with Crippen LogP contribution in [0.2, 0.25) is 0 Å². The average Bonchev–Trinajstić information content (AvgIpc) is 2.83. The predicted octanol–water partition coefficient (Wildman–Crippen LogP) is 1.51. The van der Waals surface area contributed by atoms with Crippen molar-refractivity contribution in [1.29, 1.82) is 0 Å². The van der Waals surface area contributed by atoms with Gasteiger partial charge in [0.2, 0.25) is 0 Å². The summed E-state index contributed by atoms with van der Waals surface area (Å²) in [6.07, 6.45) is 3.44. The summed E-state index contributed by atoms with van der Waals surface area (Å²) in [5.41, 5.74) is -0.204. The summed E-state index contributed by atoms with van der Waals surface area (Å²) >= 11 is 0. The average molecular weight is 280 g/mol. The Kier molecular flexibility index (Phi) is 4.23. The molecule has 110 valence electrons. The monoisotopic (exact) mass is 280 g/mol. The summed E-state index contributed by atoms with van der Waals surface area (Å²) in [6, 6.07) is 0. The van der Waals surface area contributed by atoms with Gasteiger partial charge in [-0.15, -0.1) is 0 Å². The lowest BCUT2D eigenvalue weighted by Crippen LogP contribution is -2.33. The molecule has 1 aromatic rings. The highest BCUT2D eigenvalue weighted by Gasteiger charge is 2.39. The van der Waals surface area contributed by atoms with Gasteiger partial charge in [0.05, 0.1) is 6.42 Å². The van der Waals surface area contributed by atoms with E-state index in [2.05, 4.69) is 9.97 Å². The lowest BCUT2D eigenvalue weighted by atomic mass is 10.00. The van der Waals surface area contributed by atoms with Gasteiger partial charge in [-0.2, -0.15) is 0 Å². The third-order valence-corrected chi connectivity index (χ3v) is 3.81. The minimum Gasteiger partial charge on any atom is -0.481 e. The van der Waals surface area contributed by atoms with E-state index in [0.29, 0.717) is 18.1 Å². The number of carboxylic acids is 1. The molecule has 0 saturated heterocycles. The molecule has 0 unspecified atom stereocenters. The van der Waals surface area contributed by atoms with E-state index in [1.165, 1.54) is 0 Å². The second-order valence-corrected chi connectivity index (χ2v) is 5.18. The highest BCUT2D eigenvalue weighted by atomic mass is 16.5. The molecule has 0 aliphatic heterocycles. The van der Waals surface area contributed by atoms with Crippen LogP contribution in [-0.2, 0) is 21.6 Å². The van der Waals surface area contributed by atoms with Gasteiger partial charge in [0.1, 0.15) is 11.4 Å². The highest BCUT2D eigenvalue weighted by Crippen LogP contribution is 2.40. The molecule has 1 aromatic heterocycles. The molecule has 0 aromatic carbocycles. The van der Waals surface area contributed by atoms with Crippen molar-refractivity contribution in [2.75, 3.05) is 6.61 Å². The fourth-order valence-electron chi connectivity index (χ4n) is 2.86. The van der Waals surface area contributed by atoms with E-state index in [0.717, 1.165) is 25.7 Å². The molecule has 1 fully saturated rings. The number of aliphatic carboxylic acids is 1. The first-order chi connectivity index (χ1) is 9.48. The van der Waals surface area contributed by atoms with Crippen molar-refractivity contribution in [1.82, 2.24) is 9.97 Å². The van der Waals surface area contributed by atoms with Gasteiger partial charge in [0.15, 0.2) is 0 Å². The van der Waals surface area contributed by atoms with Crippen LogP contribution in [0, 0.1) is 6.92 Å². The molecule has 2 rings (SSSR count). The van der Waals surface area contributed by atoms with E-state index in [-0.39, 0.29) is 17.5 Å². The van der Waals surface area contributed by atoms with Gasteiger partial charge >= 0.3 is 5.97 Å². The van der Waals surface area contributed by atoms with Gasteiger partial charge < -0.3 is 14.8 Å². The number of hydrogen-bond donors (Lipinski definition) is 2. The van der Waals surface area contributed by atoms with Gasteiger partial charge in [-0.05, 0) is 39.5 Å². The number of aryl methyl sites for hydroxylation is 1. The molecule has 0 atom stereocenters. The van der Waals surface area contributed by atoms with E-state index in [1.54, 1.807) is 6.92 Å². The van der Waals surface area contributed by atoms with Crippen LogP contribution >= 0.6 is 0 Å². The first kappa shape index (κ1) is 14.7. The van der Waals surface area contributed by atoms with E-state index < -0.39 is 11.6 Å². The van der Waals surface area contributed by atoms with Crippen LogP contribution in [0.3, 0.4) is 0 Å². The summed E-state index contributed by atoms with van der Waals surface area (Å²) < 4.78 is 5.86. The van der Waals surface area contributed by atoms with Crippen LogP contribution in [0.5, 0.6) is 0 Å². The summed E-state index contributed by atoms with van der Waals surface area (Å²) in [4.78, 5) is 30.0. The minimum atomic E-state index is -1.03. The first-order valence-electron chi connectivity index (χ1n) is 6.94. The van der Waals surface area contributed by atoms with Crippen LogP contribution in [0.4, 0.5) is 0 Å². The zero-order chi connectivity index (χ0) is 14.8. The summed E-state index contributed by atoms with van der Waals surface area (Å²) in [5.74, 6) is -0.498. The Balaban J connectivity index is 2.43. The van der Waals surface area contributed by atoms with Crippen molar-refractivity contribution in [3.05, 3.63) is 27.4 Å². The molecule has 0 radical (unpaired) electrons. The lowest BCUT2D eigenvalue weighted by Gasteiger charge is -2.28. The van der Waals surface area contributed by atoms with Gasteiger partial charge in [0, 0.05) is 17.9 Å². The Morgan fingerprint density at radius 2 is 2.10 bits per heavy atom. The van der Waals surface area contributed by atoms with Crippen LogP contribution in [-0.4, -0.2) is 27.7 Å². The van der Waals surface area contributed by atoms with Crippen molar-refractivity contribution < 1.29 is 14.6 Å². The maximum Gasteiger partial charge on any atom is 0.308 e. The molecule has 0 bridgehead atoms. The molecule has 1 heterocycles. The quantitative estimate of drug-likeness (QED) is 0.853. The molecule has 1 aliphatic carbocycles. The number of hydrogen-bond acceptors (Lipinski definition) is 4. The summed E-state index contributed by atoms with van der Waals surface area (Å²) in [6.45, 7) is 4.15. The van der Waals surface area contributed by atoms with Crippen LogP contribution in [0.1, 0.15) is 49.7 Å². The normalized spacial score (nSPS) is 17.3. The van der Waals surface area contributed by atoms with Gasteiger partial charge in [-0.1, -0.05) is 0 Å². The van der Waals surface area contributed by atoms with Crippen LogP contribution < -0.4 is 5.56 Å². The second kappa shape index (κ2) is 5.75. The van der Waals surface area contributed by atoms with Crippen molar-refractivity contribution in [2.24, 2.45) is 0 Å². The number of aromatic amines is 1. The zero-order valence-corrected chi connectivity index (χ0v) is 11.9. The first-order valence-corrected chi connectivity index (χ1v) is 6.94. The number of ether oxygens (including phenoxy) is 1. The van der Waals surface area contributed by atoms with Crippen LogP contribution in [0.15, 0.2) is 4.79 Å². The molecule has 0 amide bonds. The fraction of sp³-hybridized carbons (Fsp3) is 0.643. The van der Waals surface area contributed by atoms with Crippen molar-refractivity contribution in [3.63, 3.8) is 0 Å². The van der Waals surface area contributed by atoms with E-state index in [1.807, 2.05) is 6.92 Å². The van der Waals surface area contributed by atoms with Gasteiger partial charge in [-0.3, -0.25) is 9.59 Å². The molecule has 2 N–H and O–H groups in total.